The van der Waals surface area contributed by atoms with Crippen LogP contribution in [0.3, 0.4) is 0 Å². The zero-order valence-corrected chi connectivity index (χ0v) is 12.0. The fourth-order valence-electron chi connectivity index (χ4n) is 2.58. The van der Waals surface area contributed by atoms with Gasteiger partial charge in [-0.15, -0.1) is 0 Å². The van der Waals surface area contributed by atoms with Crippen LogP contribution >= 0.6 is 0 Å². The average Bonchev–Trinajstić information content (AvgIpc) is 2.47. The Labute approximate surface area is 114 Å². The second kappa shape index (κ2) is 6.59. The number of rotatable bonds is 5. The number of nitrogens with one attached hydrogen (secondary N) is 1. The van der Waals surface area contributed by atoms with Crippen LogP contribution < -0.4 is 14.8 Å². The van der Waals surface area contributed by atoms with Crippen LogP contribution in [-0.2, 0) is 0 Å². The predicted octanol–water partition coefficient (Wildman–Crippen LogP) is 2.87. The van der Waals surface area contributed by atoms with Gasteiger partial charge in [-0.05, 0) is 31.6 Å². The molecule has 0 atom stereocenters. The van der Waals surface area contributed by atoms with Crippen molar-refractivity contribution in [1.82, 2.24) is 9.97 Å². The Kier molecular flexibility index (Phi) is 4.82. The van der Waals surface area contributed by atoms with E-state index in [-0.39, 0.29) is 0 Å². The van der Waals surface area contributed by atoms with Crippen molar-refractivity contribution < 1.29 is 9.47 Å². The first-order valence-corrected chi connectivity index (χ1v) is 6.98. The third-order valence-electron chi connectivity index (χ3n) is 3.85. The van der Waals surface area contributed by atoms with Gasteiger partial charge in [-0.2, -0.15) is 9.97 Å². The fourth-order valence-corrected chi connectivity index (χ4v) is 2.58. The van der Waals surface area contributed by atoms with Crippen molar-refractivity contribution >= 4 is 5.95 Å². The zero-order chi connectivity index (χ0) is 13.7. The normalized spacial score (nSPS) is 22.9. The molecule has 1 aromatic rings. The molecule has 1 N–H and O–H groups in total. The van der Waals surface area contributed by atoms with Crippen molar-refractivity contribution in [3.8, 4) is 11.8 Å². The quantitative estimate of drug-likeness (QED) is 0.887. The average molecular weight is 265 g/mol. The number of aromatic nitrogens is 2. The van der Waals surface area contributed by atoms with Gasteiger partial charge in [0.15, 0.2) is 0 Å². The molecule has 0 amide bonds. The Bertz CT molecular complexity index is 381. The van der Waals surface area contributed by atoms with Crippen LogP contribution in [-0.4, -0.2) is 30.2 Å². The summed E-state index contributed by atoms with van der Waals surface area (Å²) in [6.07, 6.45) is 6.23. The van der Waals surface area contributed by atoms with Gasteiger partial charge in [0.2, 0.25) is 17.7 Å². The number of hydrogen-bond acceptors (Lipinski definition) is 5. The number of anilines is 1. The molecule has 0 unspecified atom stereocenters. The molecule has 5 heteroatoms. The molecule has 106 valence electrons. The van der Waals surface area contributed by atoms with E-state index in [1.54, 1.807) is 20.3 Å². The molecule has 2 rings (SSSR count). The molecular formula is C14H23N3O2. The third kappa shape index (κ3) is 3.72. The highest BCUT2D eigenvalue weighted by Gasteiger charge is 2.20. The van der Waals surface area contributed by atoms with E-state index >= 15 is 0 Å². The van der Waals surface area contributed by atoms with Gasteiger partial charge in [0.25, 0.3) is 0 Å². The molecule has 1 heterocycles. The summed E-state index contributed by atoms with van der Waals surface area (Å²) in [5.74, 6) is 2.53. The number of methoxy groups -OCH3 is 2. The van der Waals surface area contributed by atoms with Gasteiger partial charge in [0.1, 0.15) is 0 Å². The van der Waals surface area contributed by atoms with E-state index in [0.717, 1.165) is 5.92 Å². The van der Waals surface area contributed by atoms with Gasteiger partial charge in [-0.1, -0.05) is 13.3 Å². The molecule has 0 saturated heterocycles. The Morgan fingerprint density at radius 3 is 2.16 bits per heavy atom. The second-order valence-electron chi connectivity index (χ2n) is 5.05. The van der Waals surface area contributed by atoms with Crippen LogP contribution in [0.25, 0.3) is 0 Å². The maximum absolute atomic E-state index is 5.15. The monoisotopic (exact) mass is 265 g/mol. The van der Waals surface area contributed by atoms with Crippen molar-refractivity contribution in [3.63, 3.8) is 0 Å². The first-order valence-electron chi connectivity index (χ1n) is 6.98. The Morgan fingerprint density at radius 1 is 1.11 bits per heavy atom. The fraction of sp³-hybridized carbons (Fsp3) is 0.714. The summed E-state index contributed by atoms with van der Waals surface area (Å²) in [6.45, 7) is 2.27. The van der Waals surface area contributed by atoms with Crippen LogP contribution in [0.4, 0.5) is 5.95 Å². The minimum absolute atomic E-state index is 0.458. The minimum Gasteiger partial charge on any atom is -0.481 e. The Morgan fingerprint density at radius 2 is 1.68 bits per heavy atom. The van der Waals surface area contributed by atoms with Crippen molar-refractivity contribution in [2.24, 2.45) is 5.92 Å². The van der Waals surface area contributed by atoms with E-state index in [1.165, 1.54) is 32.1 Å². The minimum atomic E-state index is 0.458. The van der Waals surface area contributed by atoms with Crippen LogP contribution in [0, 0.1) is 5.92 Å². The van der Waals surface area contributed by atoms with Gasteiger partial charge in [-0.25, -0.2) is 0 Å². The lowest BCUT2D eigenvalue weighted by atomic mass is 9.85. The van der Waals surface area contributed by atoms with Crippen molar-refractivity contribution in [1.29, 1.82) is 0 Å². The van der Waals surface area contributed by atoms with Gasteiger partial charge in [-0.3, -0.25) is 0 Å². The summed E-state index contributed by atoms with van der Waals surface area (Å²) < 4.78 is 10.3. The molecule has 0 spiro atoms. The van der Waals surface area contributed by atoms with Crippen LogP contribution in [0.2, 0.25) is 0 Å². The molecule has 5 nitrogen and oxygen atoms in total. The molecule has 1 saturated carbocycles. The molecule has 1 aromatic heterocycles. The smallest absolute Gasteiger partial charge is 0.229 e. The maximum atomic E-state index is 5.15. The van der Waals surface area contributed by atoms with Crippen molar-refractivity contribution in [2.45, 2.75) is 45.1 Å². The highest BCUT2D eigenvalue weighted by Crippen LogP contribution is 2.28. The molecule has 1 aliphatic carbocycles. The van der Waals surface area contributed by atoms with E-state index in [4.69, 9.17) is 9.47 Å². The first-order chi connectivity index (χ1) is 9.25. The molecule has 1 fully saturated rings. The SMILES string of the molecule is CCC1CCC(Nc2nc(OC)cc(OC)n2)CC1. The number of nitrogens with zero attached hydrogens (tertiary/aromatic N) is 2. The summed E-state index contributed by atoms with van der Waals surface area (Å²) in [7, 11) is 3.19. The second-order valence-corrected chi connectivity index (χ2v) is 5.05. The van der Waals surface area contributed by atoms with Crippen molar-refractivity contribution in [3.05, 3.63) is 6.07 Å². The molecule has 0 radical (unpaired) electrons. The van der Waals surface area contributed by atoms with Crippen molar-refractivity contribution in [2.75, 3.05) is 19.5 Å². The molecule has 0 aliphatic heterocycles. The van der Waals surface area contributed by atoms with E-state index in [2.05, 4.69) is 22.2 Å². The lowest BCUT2D eigenvalue weighted by Crippen LogP contribution is -2.26. The van der Waals surface area contributed by atoms with E-state index in [0.29, 0.717) is 23.8 Å². The lowest BCUT2D eigenvalue weighted by Gasteiger charge is -2.28. The molecule has 19 heavy (non-hydrogen) atoms. The Hall–Kier alpha value is -1.52. The highest BCUT2D eigenvalue weighted by atomic mass is 16.5. The summed E-state index contributed by atoms with van der Waals surface area (Å²) >= 11 is 0. The van der Waals surface area contributed by atoms with Crippen LogP contribution in [0.1, 0.15) is 39.0 Å². The lowest BCUT2D eigenvalue weighted by molar-refractivity contribution is 0.328. The topological polar surface area (TPSA) is 56.3 Å². The van der Waals surface area contributed by atoms with Gasteiger partial charge >= 0.3 is 0 Å². The largest absolute Gasteiger partial charge is 0.481 e. The molecule has 0 aromatic carbocycles. The van der Waals surface area contributed by atoms with Gasteiger partial charge in [0, 0.05) is 6.04 Å². The summed E-state index contributed by atoms with van der Waals surface area (Å²) in [5, 5.41) is 3.39. The van der Waals surface area contributed by atoms with Gasteiger partial charge in [0.05, 0.1) is 20.3 Å². The van der Waals surface area contributed by atoms with Crippen LogP contribution in [0.5, 0.6) is 11.8 Å². The van der Waals surface area contributed by atoms with Crippen LogP contribution in [0.15, 0.2) is 6.07 Å². The standard InChI is InChI=1S/C14H23N3O2/c1-4-10-5-7-11(8-6-10)15-14-16-12(18-2)9-13(17-14)19-3/h9-11H,4-8H2,1-3H3,(H,15,16,17). The summed E-state index contributed by atoms with van der Waals surface area (Å²) in [5.41, 5.74) is 0. The maximum Gasteiger partial charge on any atom is 0.229 e. The highest BCUT2D eigenvalue weighted by molar-refractivity contribution is 5.34. The Balaban J connectivity index is 1.99. The number of ether oxygens (including phenoxy) is 2. The summed E-state index contributed by atoms with van der Waals surface area (Å²) in [6, 6.07) is 2.14. The summed E-state index contributed by atoms with van der Waals surface area (Å²) in [4.78, 5) is 8.62. The van der Waals surface area contributed by atoms with E-state index in [9.17, 15) is 0 Å². The molecule has 0 bridgehead atoms. The van der Waals surface area contributed by atoms with E-state index < -0.39 is 0 Å². The van der Waals surface area contributed by atoms with E-state index in [1.807, 2.05) is 0 Å². The zero-order valence-electron chi connectivity index (χ0n) is 12.0. The van der Waals surface area contributed by atoms with Gasteiger partial charge < -0.3 is 14.8 Å². The molecule has 1 aliphatic rings. The molecular weight excluding hydrogens is 242 g/mol. The third-order valence-corrected chi connectivity index (χ3v) is 3.85. The number of hydrogen-bond donors (Lipinski definition) is 1. The first kappa shape index (κ1) is 13.9. The predicted molar refractivity (Wildman–Crippen MR) is 74.8 cm³/mol.